The van der Waals surface area contributed by atoms with Gasteiger partial charge in [-0.2, -0.15) is 0 Å². The van der Waals surface area contributed by atoms with Gasteiger partial charge < -0.3 is 5.73 Å². The zero-order valence-corrected chi connectivity index (χ0v) is 9.66. The van der Waals surface area contributed by atoms with Crippen molar-refractivity contribution < 1.29 is 4.39 Å². The molecule has 2 atom stereocenters. The molecule has 1 aromatic rings. The first-order valence-corrected chi connectivity index (χ1v) is 6.27. The largest absolute Gasteiger partial charge is 0.330 e. The number of hydrogen-bond donors (Lipinski definition) is 1. The van der Waals surface area contributed by atoms with Crippen LogP contribution >= 0.6 is 0 Å². The molecule has 0 bridgehead atoms. The standard InChI is InChI=1S/C14H20FN/c15-13-8-6-11(7-9-13)14-5-3-1-2-4-12(14)10-16/h6-9,12,14H,1-5,10,16H2. The summed E-state index contributed by atoms with van der Waals surface area (Å²) in [6, 6.07) is 6.98. The summed E-state index contributed by atoms with van der Waals surface area (Å²) in [7, 11) is 0. The van der Waals surface area contributed by atoms with Gasteiger partial charge >= 0.3 is 0 Å². The number of rotatable bonds is 2. The van der Waals surface area contributed by atoms with Crippen LogP contribution in [0.25, 0.3) is 0 Å². The minimum Gasteiger partial charge on any atom is -0.330 e. The van der Waals surface area contributed by atoms with Crippen LogP contribution in [0, 0.1) is 11.7 Å². The van der Waals surface area contributed by atoms with E-state index in [1.807, 2.05) is 12.1 Å². The Morgan fingerprint density at radius 2 is 1.75 bits per heavy atom. The van der Waals surface area contributed by atoms with E-state index in [2.05, 4.69) is 0 Å². The van der Waals surface area contributed by atoms with E-state index in [0.29, 0.717) is 11.8 Å². The monoisotopic (exact) mass is 221 g/mol. The molecule has 2 N–H and O–H groups in total. The van der Waals surface area contributed by atoms with Crippen molar-refractivity contribution in [3.63, 3.8) is 0 Å². The van der Waals surface area contributed by atoms with Gasteiger partial charge in [-0.25, -0.2) is 4.39 Å². The Hall–Kier alpha value is -0.890. The summed E-state index contributed by atoms with van der Waals surface area (Å²) in [6.07, 6.45) is 6.30. The van der Waals surface area contributed by atoms with E-state index in [9.17, 15) is 4.39 Å². The molecule has 0 heterocycles. The highest BCUT2D eigenvalue weighted by Crippen LogP contribution is 2.35. The fourth-order valence-corrected chi connectivity index (χ4v) is 2.82. The number of nitrogens with two attached hydrogens (primary N) is 1. The van der Waals surface area contributed by atoms with Crippen molar-refractivity contribution >= 4 is 0 Å². The van der Waals surface area contributed by atoms with Crippen molar-refractivity contribution in [3.05, 3.63) is 35.6 Å². The average Bonchev–Trinajstić information content (AvgIpc) is 2.55. The molecule has 0 radical (unpaired) electrons. The molecule has 1 aliphatic rings. The highest BCUT2D eigenvalue weighted by atomic mass is 19.1. The fraction of sp³-hybridized carbons (Fsp3) is 0.571. The van der Waals surface area contributed by atoms with E-state index >= 15 is 0 Å². The number of hydrogen-bond acceptors (Lipinski definition) is 1. The molecule has 0 aliphatic heterocycles. The smallest absolute Gasteiger partial charge is 0.123 e. The Morgan fingerprint density at radius 1 is 1.06 bits per heavy atom. The van der Waals surface area contributed by atoms with Gasteiger partial charge in [-0.15, -0.1) is 0 Å². The normalized spacial score (nSPS) is 26.4. The summed E-state index contributed by atoms with van der Waals surface area (Å²) in [5, 5.41) is 0. The van der Waals surface area contributed by atoms with Gasteiger partial charge in [0, 0.05) is 0 Å². The molecule has 1 saturated carbocycles. The summed E-state index contributed by atoms with van der Waals surface area (Å²) in [5.41, 5.74) is 7.12. The zero-order chi connectivity index (χ0) is 11.4. The van der Waals surface area contributed by atoms with Crippen molar-refractivity contribution in [1.82, 2.24) is 0 Å². The Bertz CT molecular complexity index is 320. The van der Waals surface area contributed by atoms with Crippen LogP contribution in [0.15, 0.2) is 24.3 Å². The SMILES string of the molecule is NCC1CCCCCC1c1ccc(F)cc1. The van der Waals surface area contributed by atoms with E-state index < -0.39 is 0 Å². The second-order valence-corrected chi connectivity index (χ2v) is 4.79. The van der Waals surface area contributed by atoms with Gasteiger partial charge in [0.25, 0.3) is 0 Å². The predicted octanol–water partition coefficient (Wildman–Crippen LogP) is 3.45. The Balaban J connectivity index is 2.18. The molecule has 0 saturated heterocycles. The van der Waals surface area contributed by atoms with Crippen LogP contribution < -0.4 is 5.73 Å². The number of halogens is 1. The molecular weight excluding hydrogens is 201 g/mol. The molecule has 1 aromatic carbocycles. The summed E-state index contributed by atoms with van der Waals surface area (Å²) < 4.78 is 12.9. The molecule has 1 fully saturated rings. The number of benzene rings is 1. The first kappa shape index (κ1) is 11.6. The van der Waals surface area contributed by atoms with Crippen LogP contribution in [-0.2, 0) is 0 Å². The van der Waals surface area contributed by atoms with Crippen molar-refractivity contribution in [1.29, 1.82) is 0 Å². The second-order valence-electron chi connectivity index (χ2n) is 4.79. The van der Waals surface area contributed by atoms with Crippen molar-refractivity contribution in [2.75, 3.05) is 6.54 Å². The fourth-order valence-electron chi connectivity index (χ4n) is 2.82. The van der Waals surface area contributed by atoms with Gasteiger partial charge in [-0.3, -0.25) is 0 Å². The Kier molecular flexibility index (Phi) is 3.94. The molecular formula is C14H20FN. The molecule has 2 rings (SSSR count). The lowest BCUT2D eigenvalue weighted by Gasteiger charge is -2.24. The maximum atomic E-state index is 12.9. The first-order valence-electron chi connectivity index (χ1n) is 6.27. The molecule has 16 heavy (non-hydrogen) atoms. The summed E-state index contributed by atoms with van der Waals surface area (Å²) in [6.45, 7) is 0.752. The van der Waals surface area contributed by atoms with Gasteiger partial charge in [0.1, 0.15) is 5.82 Å². The third-order valence-electron chi connectivity index (χ3n) is 3.76. The third kappa shape index (κ3) is 2.62. The lowest BCUT2D eigenvalue weighted by molar-refractivity contribution is 0.408. The predicted molar refractivity (Wildman–Crippen MR) is 64.8 cm³/mol. The second kappa shape index (κ2) is 5.44. The topological polar surface area (TPSA) is 26.0 Å². The minimum atomic E-state index is -0.151. The van der Waals surface area contributed by atoms with Gasteiger partial charge in [0.05, 0.1) is 0 Å². The van der Waals surface area contributed by atoms with E-state index in [0.717, 1.165) is 6.54 Å². The quantitative estimate of drug-likeness (QED) is 0.760. The van der Waals surface area contributed by atoms with Crippen molar-refractivity contribution in [2.24, 2.45) is 11.7 Å². The molecule has 0 spiro atoms. The molecule has 1 nitrogen and oxygen atoms in total. The summed E-state index contributed by atoms with van der Waals surface area (Å²) >= 11 is 0. The van der Waals surface area contributed by atoms with Crippen LogP contribution in [0.5, 0.6) is 0 Å². The summed E-state index contributed by atoms with van der Waals surface area (Å²) in [4.78, 5) is 0. The van der Waals surface area contributed by atoms with Crippen LogP contribution in [0.4, 0.5) is 4.39 Å². The van der Waals surface area contributed by atoms with E-state index in [1.165, 1.54) is 37.7 Å². The van der Waals surface area contributed by atoms with Crippen LogP contribution in [-0.4, -0.2) is 6.54 Å². The molecule has 0 amide bonds. The lowest BCUT2D eigenvalue weighted by Crippen LogP contribution is -2.21. The molecule has 0 aromatic heterocycles. The van der Waals surface area contributed by atoms with Crippen molar-refractivity contribution in [2.45, 2.75) is 38.0 Å². The van der Waals surface area contributed by atoms with Gasteiger partial charge in [0.2, 0.25) is 0 Å². The average molecular weight is 221 g/mol. The highest BCUT2D eigenvalue weighted by molar-refractivity contribution is 5.21. The molecule has 2 unspecified atom stereocenters. The minimum absolute atomic E-state index is 0.151. The van der Waals surface area contributed by atoms with Gasteiger partial charge in [-0.05, 0) is 48.9 Å². The third-order valence-corrected chi connectivity index (χ3v) is 3.76. The summed E-state index contributed by atoms with van der Waals surface area (Å²) in [5.74, 6) is 0.961. The molecule has 1 aliphatic carbocycles. The van der Waals surface area contributed by atoms with Crippen molar-refractivity contribution in [3.8, 4) is 0 Å². The zero-order valence-electron chi connectivity index (χ0n) is 9.66. The van der Waals surface area contributed by atoms with E-state index in [4.69, 9.17) is 5.73 Å². The van der Waals surface area contributed by atoms with Crippen LogP contribution in [0.1, 0.15) is 43.6 Å². The Labute approximate surface area is 96.9 Å². The Morgan fingerprint density at radius 3 is 2.44 bits per heavy atom. The lowest BCUT2D eigenvalue weighted by atomic mass is 9.82. The highest BCUT2D eigenvalue weighted by Gasteiger charge is 2.23. The van der Waals surface area contributed by atoms with Crippen LogP contribution in [0.3, 0.4) is 0 Å². The van der Waals surface area contributed by atoms with Crippen LogP contribution in [0.2, 0.25) is 0 Å². The van der Waals surface area contributed by atoms with Gasteiger partial charge in [-0.1, -0.05) is 31.4 Å². The first-order chi connectivity index (χ1) is 7.81. The van der Waals surface area contributed by atoms with E-state index in [-0.39, 0.29) is 5.82 Å². The van der Waals surface area contributed by atoms with Gasteiger partial charge in [0.15, 0.2) is 0 Å². The molecule has 2 heteroatoms. The van der Waals surface area contributed by atoms with E-state index in [1.54, 1.807) is 12.1 Å². The maximum absolute atomic E-state index is 12.9. The maximum Gasteiger partial charge on any atom is 0.123 e. The molecule has 88 valence electrons.